The van der Waals surface area contributed by atoms with Crippen LogP contribution in [0.5, 0.6) is 0 Å². The summed E-state index contributed by atoms with van der Waals surface area (Å²) in [5, 5.41) is 28.9. The van der Waals surface area contributed by atoms with E-state index < -0.39 is 11.0 Å². The Kier molecular flexibility index (Phi) is 4.57. The van der Waals surface area contributed by atoms with Crippen LogP contribution < -0.4 is 0 Å². The molecule has 0 aliphatic rings. The van der Waals surface area contributed by atoms with E-state index in [2.05, 4.69) is 0 Å². The van der Waals surface area contributed by atoms with Gasteiger partial charge >= 0.3 is 0 Å². The molecule has 1 unspecified atom stereocenters. The topological polar surface area (TPSA) is 90.4 Å². The van der Waals surface area contributed by atoms with E-state index in [4.69, 9.17) is 5.26 Å². The minimum Gasteiger partial charge on any atom is -0.387 e. The number of rotatable bonds is 5. The summed E-state index contributed by atoms with van der Waals surface area (Å²) in [6, 6.07) is 7.82. The Labute approximate surface area is 98.9 Å². The highest BCUT2D eigenvalue weighted by Crippen LogP contribution is 2.19. The van der Waals surface area contributed by atoms with Gasteiger partial charge < -0.3 is 5.11 Å². The third-order valence-electron chi connectivity index (χ3n) is 2.29. The molecular weight excluding hydrogens is 222 g/mol. The highest BCUT2D eigenvalue weighted by molar-refractivity contribution is 5.35. The van der Waals surface area contributed by atoms with E-state index in [1.54, 1.807) is 18.0 Å². The molecule has 1 rings (SSSR count). The van der Waals surface area contributed by atoms with Crippen molar-refractivity contribution in [2.75, 3.05) is 20.1 Å². The minimum absolute atomic E-state index is 0.0514. The lowest BCUT2D eigenvalue weighted by Gasteiger charge is -2.17. The monoisotopic (exact) mass is 235 g/mol. The van der Waals surface area contributed by atoms with Crippen molar-refractivity contribution in [3.05, 3.63) is 39.9 Å². The molecule has 0 aliphatic carbocycles. The highest BCUT2D eigenvalue weighted by atomic mass is 16.6. The average molecular weight is 235 g/mol. The maximum atomic E-state index is 10.6. The zero-order valence-electron chi connectivity index (χ0n) is 9.41. The van der Waals surface area contributed by atoms with Gasteiger partial charge in [0.2, 0.25) is 0 Å². The number of benzene rings is 1. The van der Waals surface area contributed by atoms with Gasteiger partial charge in [-0.3, -0.25) is 15.0 Å². The first-order valence-electron chi connectivity index (χ1n) is 5.02. The van der Waals surface area contributed by atoms with E-state index in [1.807, 2.05) is 6.07 Å². The molecule has 0 saturated heterocycles. The summed E-state index contributed by atoms with van der Waals surface area (Å²) in [5.41, 5.74) is 0.425. The molecule has 0 amide bonds. The first-order chi connectivity index (χ1) is 8.04. The Hall–Kier alpha value is -1.97. The van der Waals surface area contributed by atoms with Gasteiger partial charge in [0, 0.05) is 18.7 Å². The van der Waals surface area contributed by atoms with Gasteiger partial charge in [0.25, 0.3) is 5.69 Å². The predicted octanol–water partition coefficient (Wildman–Crippen LogP) is 1.08. The van der Waals surface area contributed by atoms with Crippen LogP contribution in [-0.2, 0) is 0 Å². The van der Waals surface area contributed by atoms with Gasteiger partial charge in [0.15, 0.2) is 0 Å². The van der Waals surface area contributed by atoms with Crippen molar-refractivity contribution in [3.63, 3.8) is 0 Å². The van der Waals surface area contributed by atoms with Crippen LogP contribution in [0.15, 0.2) is 24.3 Å². The number of nitrogens with zero attached hydrogens (tertiary/aromatic N) is 3. The largest absolute Gasteiger partial charge is 0.387 e. The van der Waals surface area contributed by atoms with E-state index in [-0.39, 0.29) is 18.8 Å². The van der Waals surface area contributed by atoms with Gasteiger partial charge in [0.1, 0.15) is 0 Å². The second-order valence-electron chi connectivity index (χ2n) is 3.72. The molecule has 6 nitrogen and oxygen atoms in total. The average Bonchev–Trinajstić information content (AvgIpc) is 2.29. The van der Waals surface area contributed by atoms with Gasteiger partial charge in [-0.2, -0.15) is 5.26 Å². The summed E-state index contributed by atoms with van der Waals surface area (Å²) in [6.45, 7) is 0.459. The quantitative estimate of drug-likeness (QED) is 0.468. The second kappa shape index (κ2) is 5.94. The van der Waals surface area contributed by atoms with Gasteiger partial charge in [-0.15, -0.1) is 0 Å². The lowest BCUT2D eigenvalue weighted by atomic mass is 10.1. The maximum Gasteiger partial charge on any atom is 0.269 e. The van der Waals surface area contributed by atoms with E-state index in [9.17, 15) is 15.2 Å². The third kappa shape index (κ3) is 3.83. The van der Waals surface area contributed by atoms with Crippen molar-refractivity contribution >= 4 is 5.69 Å². The van der Waals surface area contributed by atoms with Crippen LogP contribution in [0.4, 0.5) is 5.69 Å². The summed E-state index contributed by atoms with van der Waals surface area (Å²) in [5.74, 6) is 0. The van der Waals surface area contributed by atoms with E-state index >= 15 is 0 Å². The number of aliphatic hydroxyl groups is 1. The SMILES string of the molecule is CN(CC#N)CC(O)c1cccc([N+](=O)[O-])c1. The summed E-state index contributed by atoms with van der Waals surface area (Å²) in [6.07, 6.45) is -0.840. The second-order valence-corrected chi connectivity index (χ2v) is 3.72. The number of nitro groups is 1. The molecule has 1 aromatic carbocycles. The molecule has 1 atom stereocenters. The Morgan fingerprint density at radius 3 is 2.94 bits per heavy atom. The minimum atomic E-state index is -0.840. The molecule has 1 aromatic rings. The molecular formula is C11H13N3O3. The molecule has 0 fully saturated rings. The molecule has 90 valence electrons. The number of non-ortho nitro benzene ring substituents is 1. The van der Waals surface area contributed by atoms with Crippen molar-refractivity contribution in [2.24, 2.45) is 0 Å². The molecule has 0 radical (unpaired) electrons. The van der Waals surface area contributed by atoms with Crippen molar-refractivity contribution in [2.45, 2.75) is 6.10 Å². The maximum absolute atomic E-state index is 10.6. The number of hydrogen-bond donors (Lipinski definition) is 1. The fraction of sp³-hybridized carbons (Fsp3) is 0.364. The first kappa shape index (κ1) is 13.1. The molecule has 0 aromatic heterocycles. The van der Waals surface area contributed by atoms with Gasteiger partial charge in [-0.25, -0.2) is 0 Å². The Balaban J connectivity index is 2.75. The number of aliphatic hydroxyl groups excluding tert-OH is 1. The Bertz CT molecular complexity index is 442. The van der Waals surface area contributed by atoms with Gasteiger partial charge in [-0.05, 0) is 12.6 Å². The van der Waals surface area contributed by atoms with Crippen molar-refractivity contribution in [3.8, 4) is 6.07 Å². The van der Waals surface area contributed by atoms with Crippen LogP contribution in [0.25, 0.3) is 0 Å². The zero-order chi connectivity index (χ0) is 12.8. The van der Waals surface area contributed by atoms with Crippen molar-refractivity contribution in [1.29, 1.82) is 5.26 Å². The summed E-state index contributed by atoms with van der Waals surface area (Å²) < 4.78 is 0. The standard InChI is InChI=1S/C11H13N3O3/c1-13(6-5-12)8-11(15)9-3-2-4-10(7-9)14(16)17/h2-4,7,11,15H,6,8H2,1H3. The van der Waals surface area contributed by atoms with Crippen LogP contribution in [0.3, 0.4) is 0 Å². The lowest BCUT2D eigenvalue weighted by Crippen LogP contribution is -2.24. The van der Waals surface area contributed by atoms with Crippen LogP contribution in [0.1, 0.15) is 11.7 Å². The Morgan fingerprint density at radius 2 is 2.35 bits per heavy atom. The molecule has 0 spiro atoms. The van der Waals surface area contributed by atoms with Gasteiger partial charge in [-0.1, -0.05) is 12.1 Å². The zero-order valence-corrected chi connectivity index (χ0v) is 9.41. The van der Waals surface area contributed by atoms with Crippen LogP contribution in [0.2, 0.25) is 0 Å². The molecule has 1 N–H and O–H groups in total. The first-order valence-corrected chi connectivity index (χ1v) is 5.02. The van der Waals surface area contributed by atoms with Crippen molar-refractivity contribution < 1.29 is 10.0 Å². The number of hydrogen-bond acceptors (Lipinski definition) is 5. The van der Waals surface area contributed by atoms with Crippen LogP contribution in [0, 0.1) is 21.4 Å². The molecule has 0 bridgehead atoms. The van der Waals surface area contributed by atoms with Crippen LogP contribution in [-0.4, -0.2) is 35.1 Å². The molecule has 0 saturated carbocycles. The fourth-order valence-electron chi connectivity index (χ4n) is 1.43. The molecule has 0 heterocycles. The van der Waals surface area contributed by atoms with E-state index in [0.717, 1.165) is 0 Å². The molecule has 6 heteroatoms. The highest BCUT2D eigenvalue weighted by Gasteiger charge is 2.13. The number of nitro benzene ring substituents is 1. The number of nitriles is 1. The summed E-state index contributed by atoms with van der Waals surface area (Å²) in [4.78, 5) is 11.7. The smallest absolute Gasteiger partial charge is 0.269 e. The predicted molar refractivity (Wildman–Crippen MR) is 61.2 cm³/mol. The normalized spacial score (nSPS) is 12.1. The lowest BCUT2D eigenvalue weighted by molar-refractivity contribution is -0.385. The summed E-state index contributed by atoms with van der Waals surface area (Å²) >= 11 is 0. The molecule has 0 aliphatic heterocycles. The third-order valence-corrected chi connectivity index (χ3v) is 2.29. The van der Waals surface area contributed by atoms with E-state index in [0.29, 0.717) is 5.56 Å². The molecule has 17 heavy (non-hydrogen) atoms. The number of likely N-dealkylation sites (N-methyl/N-ethyl adjacent to an activating group) is 1. The summed E-state index contributed by atoms with van der Waals surface area (Å²) in [7, 11) is 1.70. The van der Waals surface area contributed by atoms with Crippen molar-refractivity contribution in [1.82, 2.24) is 4.90 Å². The van der Waals surface area contributed by atoms with E-state index in [1.165, 1.54) is 18.2 Å². The van der Waals surface area contributed by atoms with Crippen LogP contribution >= 0.6 is 0 Å². The Morgan fingerprint density at radius 1 is 1.65 bits per heavy atom. The fourth-order valence-corrected chi connectivity index (χ4v) is 1.43. The van der Waals surface area contributed by atoms with Gasteiger partial charge in [0.05, 0.1) is 23.6 Å².